The van der Waals surface area contributed by atoms with E-state index >= 15 is 0 Å². The molecule has 15 heavy (non-hydrogen) atoms. The molecule has 5 N–H and O–H groups in total. The summed E-state index contributed by atoms with van der Waals surface area (Å²) < 4.78 is 0. The third kappa shape index (κ3) is 1.76. The van der Waals surface area contributed by atoms with Gasteiger partial charge in [0, 0.05) is 11.1 Å². The topological polar surface area (TPSA) is 97.0 Å². The molecular weight excluding hydrogens is 192 g/mol. The molecule has 5 nitrogen and oxygen atoms in total. The number of phenols is 1. The monoisotopic (exact) mass is 204 g/mol. The van der Waals surface area contributed by atoms with Crippen LogP contribution in [0.3, 0.4) is 0 Å². The van der Waals surface area contributed by atoms with E-state index in [2.05, 4.69) is 10.2 Å². The molecule has 0 spiro atoms. The van der Waals surface area contributed by atoms with Crippen LogP contribution in [0.5, 0.6) is 5.75 Å². The molecule has 0 fully saturated rings. The van der Waals surface area contributed by atoms with Crippen molar-refractivity contribution in [2.24, 2.45) is 21.7 Å². The fourth-order valence-electron chi connectivity index (χ4n) is 1.71. The molecule has 1 aliphatic carbocycles. The van der Waals surface area contributed by atoms with Gasteiger partial charge < -0.3 is 16.6 Å². The second kappa shape index (κ2) is 3.61. The number of hydrogen-bond acceptors (Lipinski definition) is 3. The van der Waals surface area contributed by atoms with Crippen molar-refractivity contribution in [3.63, 3.8) is 0 Å². The first-order valence-electron chi connectivity index (χ1n) is 4.65. The van der Waals surface area contributed by atoms with E-state index in [4.69, 9.17) is 11.5 Å². The summed E-state index contributed by atoms with van der Waals surface area (Å²) in [5.41, 5.74) is 13.0. The average Bonchev–Trinajstić information content (AvgIpc) is 2.59. The summed E-state index contributed by atoms with van der Waals surface area (Å²) in [7, 11) is 0. The molecule has 1 aromatic rings. The van der Waals surface area contributed by atoms with Gasteiger partial charge in [-0.15, -0.1) is 5.10 Å². The van der Waals surface area contributed by atoms with Gasteiger partial charge in [-0.1, -0.05) is 12.1 Å². The van der Waals surface area contributed by atoms with E-state index in [-0.39, 0.29) is 5.96 Å². The SMILES string of the molecule is NC(N)=N/N=C1\CCc2c(O)cccc21. The smallest absolute Gasteiger partial charge is 0.211 e. The molecule has 0 atom stereocenters. The van der Waals surface area contributed by atoms with Crippen LogP contribution >= 0.6 is 0 Å². The lowest BCUT2D eigenvalue weighted by Gasteiger charge is -2.00. The zero-order valence-electron chi connectivity index (χ0n) is 8.14. The first-order chi connectivity index (χ1) is 7.18. The van der Waals surface area contributed by atoms with Crippen molar-refractivity contribution >= 4 is 11.7 Å². The van der Waals surface area contributed by atoms with Crippen LogP contribution in [0.1, 0.15) is 17.5 Å². The lowest BCUT2D eigenvalue weighted by atomic mass is 10.1. The Labute approximate surface area is 87.1 Å². The second-order valence-corrected chi connectivity index (χ2v) is 3.37. The minimum atomic E-state index is -0.0592. The van der Waals surface area contributed by atoms with Crippen molar-refractivity contribution < 1.29 is 5.11 Å². The quantitative estimate of drug-likeness (QED) is 0.349. The fourth-order valence-corrected chi connectivity index (χ4v) is 1.71. The van der Waals surface area contributed by atoms with Crippen molar-refractivity contribution in [1.29, 1.82) is 0 Å². The highest BCUT2D eigenvalue weighted by atomic mass is 16.3. The minimum Gasteiger partial charge on any atom is -0.508 e. The molecule has 0 bridgehead atoms. The Kier molecular flexibility index (Phi) is 2.29. The van der Waals surface area contributed by atoms with Crippen molar-refractivity contribution in [2.75, 3.05) is 0 Å². The Morgan fingerprint density at radius 3 is 2.80 bits per heavy atom. The van der Waals surface area contributed by atoms with Gasteiger partial charge in [0.15, 0.2) is 0 Å². The zero-order valence-corrected chi connectivity index (χ0v) is 8.14. The van der Waals surface area contributed by atoms with Gasteiger partial charge in [0.1, 0.15) is 5.75 Å². The normalized spacial score (nSPS) is 16.4. The van der Waals surface area contributed by atoms with E-state index in [1.807, 2.05) is 6.07 Å². The van der Waals surface area contributed by atoms with Crippen LogP contribution in [-0.4, -0.2) is 16.8 Å². The molecule has 0 amide bonds. The number of hydrogen-bond donors (Lipinski definition) is 3. The van der Waals surface area contributed by atoms with Crippen molar-refractivity contribution in [3.8, 4) is 5.75 Å². The maximum Gasteiger partial charge on any atom is 0.211 e. The highest BCUT2D eigenvalue weighted by Gasteiger charge is 2.20. The predicted molar refractivity (Wildman–Crippen MR) is 58.8 cm³/mol. The largest absolute Gasteiger partial charge is 0.508 e. The van der Waals surface area contributed by atoms with Crippen LogP contribution in [0.2, 0.25) is 0 Å². The first kappa shape index (κ1) is 9.51. The summed E-state index contributed by atoms with van der Waals surface area (Å²) in [5, 5.41) is 17.1. The summed E-state index contributed by atoms with van der Waals surface area (Å²) in [6, 6.07) is 5.36. The van der Waals surface area contributed by atoms with Gasteiger partial charge in [0.05, 0.1) is 5.71 Å². The van der Waals surface area contributed by atoms with Gasteiger partial charge in [-0.05, 0) is 18.9 Å². The maximum absolute atomic E-state index is 9.59. The number of guanidine groups is 1. The van der Waals surface area contributed by atoms with Crippen LogP contribution in [0.25, 0.3) is 0 Å². The van der Waals surface area contributed by atoms with Gasteiger partial charge >= 0.3 is 0 Å². The van der Waals surface area contributed by atoms with Gasteiger partial charge in [-0.25, -0.2) is 0 Å². The fraction of sp³-hybridized carbons (Fsp3) is 0.200. The van der Waals surface area contributed by atoms with E-state index in [1.54, 1.807) is 12.1 Å². The number of phenolic OH excluding ortho intramolecular Hbond substituents is 1. The molecule has 0 radical (unpaired) electrons. The molecule has 1 aliphatic rings. The molecule has 0 saturated heterocycles. The highest BCUT2D eigenvalue weighted by molar-refractivity contribution is 6.05. The molecule has 1 aromatic carbocycles. The van der Waals surface area contributed by atoms with E-state index in [1.165, 1.54) is 0 Å². The Balaban J connectivity index is 2.41. The van der Waals surface area contributed by atoms with Gasteiger partial charge in [0.2, 0.25) is 5.96 Å². The summed E-state index contributed by atoms with van der Waals surface area (Å²) in [5.74, 6) is 0.249. The molecular formula is C10H12N4O. The number of fused-ring (bicyclic) bond motifs is 1. The average molecular weight is 204 g/mol. The van der Waals surface area contributed by atoms with Gasteiger partial charge in [-0.2, -0.15) is 5.10 Å². The maximum atomic E-state index is 9.59. The molecule has 0 saturated carbocycles. The number of nitrogens with zero attached hydrogens (tertiary/aromatic N) is 2. The molecule has 0 aliphatic heterocycles. The molecule has 2 rings (SSSR count). The van der Waals surface area contributed by atoms with Crippen LogP contribution in [0.15, 0.2) is 28.4 Å². The van der Waals surface area contributed by atoms with Gasteiger partial charge in [0.25, 0.3) is 0 Å². The summed E-state index contributed by atoms with van der Waals surface area (Å²) in [6.45, 7) is 0. The van der Waals surface area contributed by atoms with Gasteiger partial charge in [-0.3, -0.25) is 0 Å². The Bertz CT molecular complexity index is 447. The summed E-state index contributed by atoms with van der Waals surface area (Å²) in [4.78, 5) is 0. The summed E-state index contributed by atoms with van der Waals surface area (Å²) in [6.07, 6.45) is 1.53. The number of aromatic hydroxyl groups is 1. The first-order valence-corrected chi connectivity index (χ1v) is 4.65. The van der Waals surface area contributed by atoms with E-state index in [0.717, 1.165) is 29.7 Å². The molecule has 78 valence electrons. The standard InChI is InChI=1S/C10H12N4O/c11-10(12)14-13-8-5-4-7-6(8)2-1-3-9(7)15/h1-3,15H,4-5H2,(H4,11,12,14)/b13-8+. The van der Waals surface area contributed by atoms with Crippen LogP contribution < -0.4 is 11.5 Å². The lowest BCUT2D eigenvalue weighted by molar-refractivity contribution is 0.469. The Morgan fingerprint density at radius 2 is 2.07 bits per heavy atom. The van der Waals surface area contributed by atoms with E-state index < -0.39 is 0 Å². The highest BCUT2D eigenvalue weighted by Crippen LogP contribution is 2.29. The number of rotatable bonds is 1. The van der Waals surface area contributed by atoms with Crippen LogP contribution in [0.4, 0.5) is 0 Å². The molecule has 0 unspecified atom stereocenters. The van der Waals surface area contributed by atoms with Crippen molar-refractivity contribution in [1.82, 2.24) is 0 Å². The second-order valence-electron chi connectivity index (χ2n) is 3.37. The third-order valence-corrected chi connectivity index (χ3v) is 2.36. The zero-order chi connectivity index (χ0) is 10.8. The number of benzene rings is 1. The minimum absolute atomic E-state index is 0.0592. The number of nitrogens with two attached hydrogens (primary N) is 2. The third-order valence-electron chi connectivity index (χ3n) is 2.36. The summed E-state index contributed by atoms with van der Waals surface area (Å²) >= 11 is 0. The van der Waals surface area contributed by atoms with Crippen LogP contribution in [-0.2, 0) is 6.42 Å². The Morgan fingerprint density at radius 1 is 1.27 bits per heavy atom. The van der Waals surface area contributed by atoms with Crippen LogP contribution in [0, 0.1) is 0 Å². The van der Waals surface area contributed by atoms with Crippen molar-refractivity contribution in [2.45, 2.75) is 12.8 Å². The van der Waals surface area contributed by atoms with E-state index in [9.17, 15) is 5.11 Å². The van der Waals surface area contributed by atoms with E-state index in [0.29, 0.717) is 5.75 Å². The van der Waals surface area contributed by atoms with Crippen molar-refractivity contribution in [3.05, 3.63) is 29.3 Å². The molecule has 0 aromatic heterocycles. The molecule has 5 heteroatoms. The Hall–Kier alpha value is -2.04. The molecule has 0 heterocycles. The predicted octanol–water partition coefficient (Wildman–Crippen LogP) is 0.316. The lowest BCUT2D eigenvalue weighted by Crippen LogP contribution is -2.22.